The molecule has 1 aromatic rings. The zero-order valence-electron chi connectivity index (χ0n) is 9.03. The molecule has 2 N–H and O–H groups in total. The SMILES string of the molecule is CC(C)C(C)Sc1ccc(CN)cn1. The normalized spacial score (nSPS) is 13.2. The highest BCUT2D eigenvalue weighted by Gasteiger charge is 2.09. The smallest absolute Gasteiger partial charge is 0.0962 e. The summed E-state index contributed by atoms with van der Waals surface area (Å²) in [6.45, 7) is 7.25. The maximum absolute atomic E-state index is 5.50. The van der Waals surface area contributed by atoms with Gasteiger partial charge in [-0.15, -0.1) is 11.8 Å². The molecule has 0 bridgehead atoms. The highest BCUT2D eigenvalue weighted by atomic mass is 32.2. The van der Waals surface area contributed by atoms with Gasteiger partial charge in [0.1, 0.15) is 0 Å². The maximum Gasteiger partial charge on any atom is 0.0962 e. The Kier molecular flexibility index (Phi) is 4.42. The first-order valence-corrected chi connectivity index (χ1v) is 5.83. The van der Waals surface area contributed by atoms with Crippen molar-refractivity contribution in [1.82, 2.24) is 4.98 Å². The number of nitrogens with zero attached hydrogens (tertiary/aromatic N) is 1. The number of rotatable bonds is 4. The predicted octanol–water partition coefficient (Wildman–Crippen LogP) is 2.68. The summed E-state index contributed by atoms with van der Waals surface area (Å²) >= 11 is 1.82. The van der Waals surface area contributed by atoms with Crippen molar-refractivity contribution in [2.75, 3.05) is 0 Å². The van der Waals surface area contributed by atoms with Crippen molar-refractivity contribution in [3.8, 4) is 0 Å². The molecule has 0 radical (unpaired) electrons. The van der Waals surface area contributed by atoms with E-state index in [1.54, 1.807) is 0 Å². The zero-order chi connectivity index (χ0) is 10.6. The van der Waals surface area contributed by atoms with Gasteiger partial charge in [0, 0.05) is 18.0 Å². The third-order valence-corrected chi connectivity index (χ3v) is 3.68. The van der Waals surface area contributed by atoms with Gasteiger partial charge >= 0.3 is 0 Å². The molecule has 78 valence electrons. The molecular weight excluding hydrogens is 192 g/mol. The molecule has 0 aliphatic carbocycles. The molecule has 0 aromatic carbocycles. The average Bonchev–Trinajstić information content (AvgIpc) is 2.19. The Morgan fingerprint density at radius 2 is 2.07 bits per heavy atom. The van der Waals surface area contributed by atoms with Crippen LogP contribution in [0, 0.1) is 5.92 Å². The average molecular weight is 210 g/mol. The summed E-state index contributed by atoms with van der Waals surface area (Å²) in [4.78, 5) is 4.35. The Bertz CT molecular complexity index is 269. The molecule has 0 amide bonds. The number of nitrogens with two attached hydrogens (primary N) is 1. The van der Waals surface area contributed by atoms with Crippen LogP contribution in [-0.2, 0) is 6.54 Å². The molecule has 2 nitrogen and oxygen atoms in total. The molecule has 0 aliphatic heterocycles. The van der Waals surface area contributed by atoms with Gasteiger partial charge in [-0.25, -0.2) is 4.98 Å². The fourth-order valence-corrected chi connectivity index (χ4v) is 1.84. The Morgan fingerprint density at radius 3 is 2.50 bits per heavy atom. The summed E-state index contributed by atoms with van der Waals surface area (Å²) in [5.41, 5.74) is 6.59. The van der Waals surface area contributed by atoms with Gasteiger partial charge in [0.2, 0.25) is 0 Å². The van der Waals surface area contributed by atoms with Gasteiger partial charge in [0.25, 0.3) is 0 Å². The van der Waals surface area contributed by atoms with E-state index < -0.39 is 0 Å². The highest BCUT2D eigenvalue weighted by molar-refractivity contribution is 7.99. The van der Waals surface area contributed by atoms with Crippen molar-refractivity contribution in [2.24, 2.45) is 11.7 Å². The number of aromatic nitrogens is 1. The first-order chi connectivity index (χ1) is 6.63. The van der Waals surface area contributed by atoms with Gasteiger partial charge in [0.05, 0.1) is 5.03 Å². The van der Waals surface area contributed by atoms with Crippen molar-refractivity contribution in [3.63, 3.8) is 0 Å². The third-order valence-electron chi connectivity index (χ3n) is 2.28. The third kappa shape index (κ3) is 3.31. The van der Waals surface area contributed by atoms with E-state index in [1.807, 2.05) is 30.1 Å². The second-order valence-electron chi connectivity index (χ2n) is 3.78. The first-order valence-electron chi connectivity index (χ1n) is 4.95. The van der Waals surface area contributed by atoms with Gasteiger partial charge in [-0.1, -0.05) is 26.8 Å². The van der Waals surface area contributed by atoms with Crippen molar-refractivity contribution >= 4 is 11.8 Å². The van der Waals surface area contributed by atoms with Crippen LogP contribution in [0.3, 0.4) is 0 Å². The van der Waals surface area contributed by atoms with Crippen LogP contribution in [0.4, 0.5) is 0 Å². The van der Waals surface area contributed by atoms with Gasteiger partial charge in [0.15, 0.2) is 0 Å². The van der Waals surface area contributed by atoms with Gasteiger partial charge in [-0.05, 0) is 17.5 Å². The fourth-order valence-electron chi connectivity index (χ4n) is 0.928. The highest BCUT2D eigenvalue weighted by Crippen LogP contribution is 2.25. The van der Waals surface area contributed by atoms with E-state index >= 15 is 0 Å². The molecule has 1 aromatic heterocycles. The minimum atomic E-state index is 0.567. The number of thioether (sulfide) groups is 1. The second kappa shape index (κ2) is 5.37. The largest absolute Gasteiger partial charge is 0.326 e. The van der Waals surface area contributed by atoms with Crippen LogP contribution in [0.2, 0.25) is 0 Å². The van der Waals surface area contributed by atoms with Crippen LogP contribution in [0.15, 0.2) is 23.4 Å². The van der Waals surface area contributed by atoms with Crippen LogP contribution in [0.5, 0.6) is 0 Å². The maximum atomic E-state index is 5.50. The quantitative estimate of drug-likeness (QED) is 0.777. The Labute approximate surface area is 90.3 Å². The summed E-state index contributed by atoms with van der Waals surface area (Å²) < 4.78 is 0. The monoisotopic (exact) mass is 210 g/mol. The number of hydrogen-bond acceptors (Lipinski definition) is 3. The van der Waals surface area contributed by atoms with Crippen molar-refractivity contribution < 1.29 is 0 Å². The van der Waals surface area contributed by atoms with E-state index in [0.29, 0.717) is 17.7 Å². The number of hydrogen-bond donors (Lipinski definition) is 1. The van der Waals surface area contributed by atoms with Crippen molar-refractivity contribution in [2.45, 2.75) is 37.6 Å². The molecule has 0 saturated heterocycles. The topological polar surface area (TPSA) is 38.9 Å². The zero-order valence-corrected chi connectivity index (χ0v) is 9.84. The molecule has 0 spiro atoms. The lowest BCUT2D eigenvalue weighted by Crippen LogP contribution is -2.05. The Morgan fingerprint density at radius 1 is 1.36 bits per heavy atom. The van der Waals surface area contributed by atoms with Crippen molar-refractivity contribution in [1.29, 1.82) is 0 Å². The van der Waals surface area contributed by atoms with E-state index in [9.17, 15) is 0 Å². The van der Waals surface area contributed by atoms with Crippen LogP contribution in [0.1, 0.15) is 26.3 Å². The minimum absolute atomic E-state index is 0.567. The summed E-state index contributed by atoms with van der Waals surface area (Å²) in [6, 6.07) is 4.09. The predicted molar refractivity (Wildman–Crippen MR) is 62.3 cm³/mol. The molecule has 14 heavy (non-hydrogen) atoms. The lowest BCUT2D eigenvalue weighted by atomic mass is 10.2. The summed E-state index contributed by atoms with van der Waals surface area (Å²) in [5.74, 6) is 0.677. The van der Waals surface area contributed by atoms with E-state index in [2.05, 4.69) is 25.8 Å². The molecule has 1 heterocycles. The molecule has 0 aliphatic rings. The second-order valence-corrected chi connectivity index (χ2v) is 5.17. The Hall–Kier alpha value is -0.540. The van der Waals surface area contributed by atoms with Crippen molar-refractivity contribution in [3.05, 3.63) is 23.9 Å². The fraction of sp³-hybridized carbons (Fsp3) is 0.545. The summed E-state index contributed by atoms with van der Waals surface area (Å²) in [6.07, 6.45) is 1.86. The molecular formula is C11H18N2S. The summed E-state index contributed by atoms with van der Waals surface area (Å²) in [7, 11) is 0. The van der Waals surface area contributed by atoms with Crippen LogP contribution < -0.4 is 5.73 Å². The lowest BCUT2D eigenvalue weighted by molar-refractivity contribution is 0.641. The van der Waals surface area contributed by atoms with Gasteiger partial charge < -0.3 is 5.73 Å². The van der Waals surface area contributed by atoms with Crippen LogP contribution >= 0.6 is 11.8 Å². The van der Waals surface area contributed by atoms with Gasteiger partial charge in [-0.3, -0.25) is 0 Å². The van der Waals surface area contributed by atoms with E-state index in [4.69, 9.17) is 5.73 Å². The minimum Gasteiger partial charge on any atom is -0.326 e. The lowest BCUT2D eigenvalue weighted by Gasteiger charge is -2.13. The van der Waals surface area contributed by atoms with Crippen LogP contribution in [0.25, 0.3) is 0 Å². The van der Waals surface area contributed by atoms with E-state index in [-0.39, 0.29) is 0 Å². The molecule has 1 atom stereocenters. The first kappa shape index (κ1) is 11.5. The molecule has 1 rings (SSSR count). The summed E-state index contributed by atoms with van der Waals surface area (Å²) in [5, 5.41) is 1.69. The molecule has 0 fully saturated rings. The molecule has 1 unspecified atom stereocenters. The molecule has 3 heteroatoms. The van der Waals surface area contributed by atoms with E-state index in [1.165, 1.54) is 0 Å². The molecule has 0 saturated carbocycles. The van der Waals surface area contributed by atoms with Crippen LogP contribution in [-0.4, -0.2) is 10.2 Å². The van der Waals surface area contributed by atoms with E-state index in [0.717, 1.165) is 10.6 Å². The standard InChI is InChI=1S/C11H18N2S/c1-8(2)9(3)14-11-5-4-10(6-12)7-13-11/h4-5,7-9H,6,12H2,1-3H3. The number of pyridine rings is 1. The van der Waals surface area contributed by atoms with Gasteiger partial charge in [-0.2, -0.15) is 0 Å². The Balaban J connectivity index is 2.59.